The predicted molar refractivity (Wildman–Crippen MR) is 74.9 cm³/mol. The Kier molecular flexibility index (Phi) is 5.58. The van der Waals surface area contributed by atoms with Crippen molar-refractivity contribution in [3.8, 4) is 0 Å². The van der Waals surface area contributed by atoms with Crippen molar-refractivity contribution in [2.24, 2.45) is 0 Å². The first-order valence-electron chi connectivity index (χ1n) is 5.40. The van der Waals surface area contributed by atoms with Crippen molar-refractivity contribution < 1.29 is 13.2 Å². The van der Waals surface area contributed by atoms with E-state index in [-0.39, 0.29) is 4.90 Å². The Hall–Kier alpha value is -0.630. The number of anilines is 1. The van der Waals surface area contributed by atoms with Gasteiger partial charge in [0, 0.05) is 37.5 Å². The Bertz CT molecular complexity index is 505. The van der Waals surface area contributed by atoms with Gasteiger partial charge in [-0.3, -0.25) is 0 Å². The molecule has 0 saturated carbocycles. The molecule has 0 aromatic heterocycles. The Morgan fingerprint density at radius 2 is 2.11 bits per heavy atom. The molecule has 0 atom stereocenters. The van der Waals surface area contributed by atoms with Gasteiger partial charge in [0.05, 0.1) is 4.90 Å². The van der Waals surface area contributed by atoms with E-state index in [4.69, 9.17) is 10.5 Å². The minimum absolute atomic E-state index is 0.183. The smallest absolute Gasteiger partial charge is 0.244 e. The zero-order chi connectivity index (χ0) is 13.8. The van der Waals surface area contributed by atoms with Crippen LogP contribution in [0.4, 0.5) is 5.69 Å². The van der Waals surface area contributed by atoms with E-state index >= 15 is 0 Å². The van der Waals surface area contributed by atoms with Crippen LogP contribution in [0.15, 0.2) is 27.6 Å². The molecular weight excluding hydrogens is 320 g/mol. The summed E-state index contributed by atoms with van der Waals surface area (Å²) in [5, 5.41) is 0. The molecule has 0 heterocycles. The lowest BCUT2D eigenvalue weighted by Gasteiger charge is -2.18. The third-order valence-corrected chi connectivity index (χ3v) is 5.32. The van der Waals surface area contributed by atoms with E-state index in [0.717, 1.165) is 0 Å². The van der Waals surface area contributed by atoms with Crippen LogP contribution in [-0.4, -0.2) is 40.0 Å². The zero-order valence-electron chi connectivity index (χ0n) is 10.4. The van der Waals surface area contributed by atoms with Crippen LogP contribution in [0.5, 0.6) is 0 Å². The highest BCUT2D eigenvalue weighted by atomic mass is 79.9. The number of ether oxygens (including phenoxy) is 1. The van der Waals surface area contributed by atoms with Gasteiger partial charge in [0.25, 0.3) is 0 Å². The molecule has 0 aliphatic carbocycles. The molecule has 1 aromatic carbocycles. The number of nitrogens with zero attached hydrogens (tertiary/aromatic N) is 1. The van der Waals surface area contributed by atoms with Crippen molar-refractivity contribution in [3.63, 3.8) is 0 Å². The summed E-state index contributed by atoms with van der Waals surface area (Å²) >= 11 is 3.23. The van der Waals surface area contributed by atoms with E-state index in [1.54, 1.807) is 26.3 Å². The number of nitrogen functional groups attached to an aromatic ring is 1. The first-order valence-corrected chi connectivity index (χ1v) is 7.63. The maximum absolute atomic E-state index is 12.3. The van der Waals surface area contributed by atoms with Crippen molar-refractivity contribution >= 4 is 31.6 Å². The summed E-state index contributed by atoms with van der Waals surface area (Å²) < 4.78 is 31.3. The molecular formula is C11H17BrN2O3S. The van der Waals surface area contributed by atoms with Crippen LogP contribution in [0.25, 0.3) is 0 Å². The van der Waals surface area contributed by atoms with Crippen LogP contribution in [0.1, 0.15) is 6.42 Å². The topological polar surface area (TPSA) is 72.6 Å². The fourth-order valence-corrected chi connectivity index (χ4v) is 3.60. The second-order valence-electron chi connectivity index (χ2n) is 3.86. The largest absolute Gasteiger partial charge is 0.399 e. The van der Waals surface area contributed by atoms with Gasteiger partial charge in [0.1, 0.15) is 0 Å². The van der Waals surface area contributed by atoms with Gasteiger partial charge >= 0.3 is 0 Å². The molecule has 18 heavy (non-hydrogen) atoms. The lowest BCUT2D eigenvalue weighted by atomic mass is 10.3. The number of benzene rings is 1. The molecule has 0 radical (unpaired) electrons. The second-order valence-corrected chi connectivity index (χ2v) is 6.73. The van der Waals surface area contributed by atoms with Gasteiger partial charge in [-0.15, -0.1) is 0 Å². The van der Waals surface area contributed by atoms with Crippen molar-refractivity contribution in [2.75, 3.05) is 33.0 Å². The van der Waals surface area contributed by atoms with Gasteiger partial charge in [0.2, 0.25) is 10.0 Å². The summed E-state index contributed by atoms with van der Waals surface area (Å²) in [7, 11) is -0.393. The molecule has 0 bridgehead atoms. The van der Waals surface area contributed by atoms with Crippen molar-refractivity contribution in [1.82, 2.24) is 4.31 Å². The number of nitrogens with two attached hydrogens (primary N) is 1. The van der Waals surface area contributed by atoms with Gasteiger partial charge in [-0.2, -0.15) is 0 Å². The summed E-state index contributed by atoms with van der Waals surface area (Å²) in [5.41, 5.74) is 6.04. The van der Waals surface area contributed by atoms with Crippen molar-refractivity contribution in [2.45, 2.75) is 11.3 Å². The zero-order valence-corrected chi connectivity index (χ0v) is 12.8. The lowest BCUT2D eigenvalue weighted by molar-refractivity contribution is 0.189. The Labute approximate surface area is 116 Å². The molecule has 102 valence electrons. The quantitative estimate of drug-likeness (QED) is 0.633. The van der Waals surface area contributed by atoms with Crippen molar-refractivity contribution in [3.05, 3.63) is 22.7 Å². The van der Waals surface area contributed by atoms with E-state index in [1.165, 1.54) is 10.4 Å². The second kappa shape index (κ2) is 6.51. The first kappa shape index (κ1) is 15.4. The highest BCUT2D eigenvalue weighted by Crippen LogP contribution is 2.26. The molecule has 0 fully saturated rings. The van der Waals surface area contributed by atoms with E-state index in [2.05, 4.69) is 15.9 Å². The number of sulfonamides is 1. The molecule has 1 rings (SSSR count). The standard InChI is InChI=1S/C11H17BrN2O3S/c1-14(6-3-7-17-2)18(15,16)11-8-9(13)4-5-10(11)12/h4-5,8H,3,6-7,13H2,1-2H3. The van der Waals surface area contributed by atoms with Crippen LogP contribution in [0.3, 0.4) is 0 Å². The monoisotopic (exact) mass is 336 g/mol. The summed E-state index contributed by atoms with van der Waals surface area (Å²) in [6, 6.07) is 4.73. The predicted octanol–water partition coefficient (Wildman–Crippen LogP) is 1.69. The lowest BCUT2D eigenvalue weighted by Crippen LogP contribution is -2.29. The van der Waals surface area contributed by atoms with Gasteiger partial charge in [-0.1, -0.05) is 0 Å². The Morgan fingerprint density at radius 1 is 1.44 bits per heavy atom. The molecule has 0 aliphatic heterocycles. The number of halogens is 1. The van der Waals surface area contributed by atoms with Crippen LogP contribution >= 0.6 is 15.9 Å². The van der Waals surface area contributed by atoms with Gasteiger partial charge in [-0.25, -0.2) is 12.7 Å². The van der Waals surface area contributed by atoms with Gasteiger partial charge in [-0.05, 0) is 40.5 Å². The average molecular weight is 337 g/mol. The number of methoxy groups -OCH3 is 1. The van der Waals surface area contributed by atoms with Crippen LogP contribution < -0.4 is 5.73 Å². The molecule has 0 saturated heterocycles. The summed E-state index contributed by atoms with van der Waals surface area (Å²) in [6.45, 7) is 0.926. The van der Waals surface area contributed by atoms with Gasteiger partial charge in [0.15, 0.2) is 0 Å². The highest BCUT2D eigenvalue weighted by Gasteiger charge is 2.23. The van der Waals surface area contributed by atoms with Crippen LogP contribution in [0.2, 0.25) is 0 Å². The highest BCUT2D eigenvalue weighted by molar-refractivity contribution is 9.10. The summed E-state index contributed by atoms with van der Waals surface area (Å²) in [6.07, 6.45) is 0.645. The molecule has 1 aromatic rings. The first-order chi connectivity index (χ1) is 8.39. The third kappa shape index (κ3) is 3.68. The number of rotatable bonds is 6. The Morgan fingerprint density at radius 3 is 2.72 bits per heavy atom. The number of hydrogen-bond acceptors (Lipinski definition) is 4. The summed E-state index contributed by atoms with van der Waals surface area (Å²) in [5.74, 6) is 0. The molecule has 0 amide bonds. The van der Waals surface area contributed by atoms with Crippen LogP contribution in [0, 0.1) is 0 Å². The van der Waals surface area contributed by atoms with E-state index < -0.39 is 10.0 Å². The summed E-state index contributed by atoms with van der Waals surface area (Å²) in [4.78, 5) is 0.183. The van der Waals surface area contributed by atoms with Gasteiger partial charge < -0.3 is 10.5 Å². The molecule has 7 heteroatoms. The fourth-order valence-electron chi connectivity index (χ4n) is 1.44. The van der Waals surface area contributed by atoms with E-state index in [0.29, 0.717) is 29.7 Å². The minimum Gasteiger partial charge on any atom is -0.399 e. The maximum Gasteiger partial charge on any atom is 0.244 e. The molecule has 5 nitrogen and oxygen atoms in total. The number of hydrogen-bond donors (Lipinski definition) is 1. The third-order valence-electron chi connectivity index (χ3n) is 2.46. The van der Waals surface area contributed by atoms with E-state index in [1.807, 2.05) is 0 Å². The molecule has 0 aliphatic rings. The van der Waals surface area contributed by atoms with Crippen LogP contribution in [-0.2, 0) is 14.8 Å². The molecule has 0 spiro atoms. The Balaban J connectivity index is 2.95. The molecule has 0 unspecified atom stereocenters. The van der Waals surface area contributed by atoms with Crippen molar-refractivity contribution in [1.29, 1.82) is 0 Å². The SMILES string of the molecule is COCCCN(C)S(=O)(=O)c1cc(N)ccc1Br. The molecule has 2 N–H and O–H groups in total. The maximum atomic E-state index is 12.3. The fraction of sp³-hybridized carbons (Fsp3) is 0.455. The minimum atomic E-state index is -3.52. The average Bonchev–Trinajstić information content (AvgIpc) is 2.32. The van der Waals surface area contributed by atoms with E-state index in [9.17, 15) is 8.42 Å². The normalized spacial score (nSPS) is 12.0.